The molecule has 1 aromatic carbocycles. The minimum atomic E-state index is -0.463. The predicted octanol–water partition coefficient (Wildman–Crippen LogP) is 4.84. The second kappa shape index (κ2) is 7.91. The topological polar surface area (TPSA) is 50.4 Å². The first-order valence-corrected chi connectivity index (χ1v) is 8.70. The SMILES string of the molecule is CC(C)(C)OC(=O)NCC1CCCCC1Nc1cccc(Cl)c1. The normalized spacial score (nSPS) is 21.6. The Morgan fingerprint density at radius 3 is 2.74 bits per heavy atom. The number of carbonyl (C=O) groups is 1. The second-order valence-electron chi connectivity index (χ2n) is 7.19. The van der Waals surface area contributed by atoms with E-state index in [2.05, 4.69) is 10.6 Å². The van der Waals surface area contributed by atoms with E-state index in [1.807, 2.05) is 45.0 Å². The standard InChI is InChI=1S/C18H27ClN2O2/c1-18(2,3)23-17(22)20-12-13-7-4-5-10-16(13)21-15-9-6-8-14(19)11-15/h6,8-9,11,13,16,21H,4-5,7,10,12H2,1-3H3,(H,20,22). The molecule has 2 rings (SSSR count). The first kappa shape index (κ1) is 17.9. The van der Waals surface area contributed by atoms with Crippen molar-refractivity contribution >= 4 is 23.4 Å². The predicted molar refractivity (Wildman–Crippen MR) is 95.1 cm³/mol. The number of amides is 1. The highest BCUT2D eigenvalue weighted by atomic mass is 35.5. The molecule has 0 saturated heterocycles. The average Bonchev–Trinajstić information content (AvgIpc) is 2.44. The maximum absolute atomic E-state index is 11.8. The summed E-state index contributed by atoms with van der Waals surface area (Å²) in [6, 6.07) is 8.13. The molecule has 2 atom stereocenters. The van der Waals surface area contributed by atoms with E-state index in [1.165, 1.54) is 12.8 Å². The lowest BCUT2D eigenvalue weighted by Crippen LogP contribution is -2.42. The molecule has 1 aromatic rings. The lowest BCUT2D eigenvalue weighted by molar-refractivity contribution is 0.0514. The van der Waals surface area contributed by atoms with Gasteiger partial charge in [-0.05, 0) is 57.7 Å². The van der Waals surface area contributed by atoms with Crippen LogP contribution in [0.2, 0.25) is 5.02 Å². The molecule has 5 heteroatoms. The van der Waals surface area contributed by atoms with E-state index in [0.717, 1.165) is 23.6 Å². The van der Waals surface area contributed by atoms with Crippen molar-refractivity contribution in [3.63, 3.8) is 0 Å². The summed E-state index contributed by atoms with van der Waals surface area (Å²) in [7, 11) is 0. The number of benzene rings is 1. The van der Waals surface area contributed by atoms with Gasteiger partial charge in [0.25, 0.3) is 0 Å². The fraction of sp³-hybridized carbons (Fsp3) is 0.611. The Labute approximate surface area is 143 Å². The highest BCUT2D eigenvalue weighted by molar-refractivity contribution is 6.30. The molecule has 23 heavy (non-hydrogen) atoms. The highest BCUT2D eigenvalue weighted by Gasteiger charge is 2.26. The van der Waals surface area contributed by atoms with Crippen molar-refractivity contribution in [2.45, 2.75) is 58.1 Å². The summed E-state index contributed by atoms with van der Waals surface area (Å²) in [5, 5.41) is 7.21. The molecule has 1 aliphatic carbocycles. The number of hydrogen-bond acceptors (Lipinski definition) is 3. The monoisotopic (exact) mass is 338 g/mol. The second-order valence-corrected chi connectivity index (χ2v) is 7.62. The minimum absolute atomic E-state index is 0.343. The average molecular weight is 339 g/mol. The highest BCUT2D eigenvalue weighted by Crippen LogP contribution is 2.27. The Kier molecular flexibility index (Phi) is 6.17. The van der Waals surface area contributed by atoms with E-state index in [9.17, 15) is 4.79 Å². The molecule has 0 heterocycles. The van der Waals surface area contributed by atoms with Crippen LogP contribution < -0.4 is 10.6 Å². The first-order valence-electron chi connectivity index (χ1n) is 8.32. The molecule has 2 N–H and O–H groups in total. The Hall–Kier alpha value is -1.42. The summed E-state index contributed by atoms with van der Waals surface area (Å²) in [4.78, 5) is 11.8. The van der Waals surface area contributed by atoms with Crippen molar-refractivity contribution < 1.29 is 9.53 Å². The Morgan fingerprint density at radius 1 is 1.30 bits per heavy atom. The van der Waals surface area contributed by atoms with Gasteiger partial charge in [0, 0.05) is 23.3 Å². The summed E-state index contributed by atoms with van der Waals surface area (Å²) >= 11 is 6.05. The molecule has 4 nitrogen and oxygen atoms in total. The van der Waals surface area contributed by atoms with Crippen LogP contribution in [0.5, 0.6) is 0 Å². The number of carbonyl (C=O) groups excluding carboxylic acids is 1. The van der Waals surface area contributed by atoms with Crippen molar-refractivity contribution in [2.24, 2.45) is 5.92 Å². The van der Waals surface area contributed by atoms with Crippen LogP contribution in [0.1, 0.15) is 46.5 Å². The van der Waals surface area contributed by atoms with Gasteiger partial charge in [0.15, 0.2) is 0 Å². The molecule has 1 fully saturated rings. The molecule has 0 bridgehead atoms. The quantitative estimate of drug-likeness (QED) is 0.826. The maximum atomic E-state index is 11.8. The zero-order chi connectivity index (χ0) is 16.9. The van der Waals surface area contributed by atoms with Crippen molar-refractivity contribution in [2.75, 3.05) is 11.9 Å². The van der Waals surface area contributed by atoms with Crippen molar-refractivity contribution in [1.82, 2.24) is 5.32 Å². The fourth-order valence-electron chi connectivity index (χ4n) is 2.96. The van der Waals surface area contributed by atoms with Gasteiger partial charge in [0.2, 0.25) is 0 Å². The van der Waals surface area contributed by atoms with E-state index in [-0.39, 0.29) is 6.09 Å². The molecule has 2 unspecified atom stereocenters. The number of halogens is 1. The van der Waals surface area contributed by atoms with E-state index in [0.29, 0.717) is 18.5 Å². The van der Waals surface area contributed by atoms with Crippen LogP contribution in [0, 0.1) is 5.92 Å². The summed E-state index contributed by atoms with van der Waals surface area (Å²) < 4.78 is 5.31. The van der Waals surface area contributed by atoms with Gasteiger partial charge < -0.3 is 15.4 Å². The molecule has 1 saturated carbocycles. The summed E-state index contributed by atoms with van der Waals surface area (Å²) in [6.07, 6.45) is 4.28. The van der Waals surface area contributed by atoms with E-state index in [1.54, 1.807) is 0 Å². The molecule has 0 radical (unpaired) electrons. The fourth-order valence-corrected chi connectivity index (χ4v) is 3.15. The third-order valence-electron chi connectivity index (χ3n) is 3.99. The van der Waals surface area contributed by atoms with Crippen LogP contribution in [-0.2, 0) is 4.74 Å². The van der Waals surface area contributed by atoms with Gasteiger partial charge in [-0.3, -0.25) is 0 Å². The van der Waals surface area contributed by atoms with Gasteiger partial charge in [0.1, 0.15) is 5.60 Å². The van der Waals surface area contributed by atoms with E-state index >= 15 is 0 Å². The van der Waals surface area contributed by atoms with Gasteiger partial charge in [-0.2, -0.15) is 0 Å². The van der Waals surface area contributed by atoms with Gasteiger partial charge >= 0.3 is 6.09 Å². The van der Waals surface area contributed by atoms with Crippen molar-refractivity contribution in [3.05, 3.63) is 29.3 Å². The summed E-state index contributed by atoms with van der Waals surface area (Å²) in [5.41, 5.74) is 0.571. The number of ether oxygens (including phenoxy) is 1. The van der Waals surface area contributed by atoms with Crippen LogP contribution in [0.4, 0.5) is 10.5 Å². The van der Waals surface area contributed by atoms with Crippen LogP contribution >= 0.6 is 11.6 Å². The largest absolute Gasteiger partial charge is 0.444 e. The Balaban J connectivity index is 1.89. The number of anilines is 1. The smallest absolute Gasteiger partial charge is 0.407 e. The third-order valence-corrected chi connectivity index (χ3v) is 4.23. The van der Waals surface area contributed by atoms with Crippen LogP contribution in [0.3, 0.4) is 0 Å². The summed E-state index contributed by atoms with van der Waals surface area (Å²) in [5.74, 6) is 0.398. The van der Waals surface area contributed by atoms with E-state index < -0.39 is 5.60 Å². The zero-order valence-corrected chi connectivity index (χ0v) is 15.0. The zero-order valence-electron chi connectivity index (χ0n) is 14.2. The van der Waals surface area contributed by atoms with Crippen LogP contribution in [-0.4, -0.2) is 24.3 Å². The minimum Gasteiger partial charge on any atom is -0.444 e. The molecule has 0 aliphatic heterocycles. The van der Waals surface area contributed by atoms with Gasteiger partial charge in [-0.15, -0.1) is 0 Å². The van der Waals surface area contributed by atoms with Crippen molar-refractivity contribution in [1.29, 1.82) is 0 Å². The number of hydrogen-bond donors (Lipinski definition) is 2. The molecule has 1 amide bonds. The van der Waals surface area contributed by atoms with Gasteiger partial charge in [0.05, 0.1) is 0 Å². The number of rotatable bonds is 4. The lowest BCUT2D eigenvalue weighted by atomic mass is 9.84. The summed E-state index contributed by atoms with van der Waals surface area (Å²) in [6.45, 7) is 6.25. The first-order chi connectivity index (χ1) is 10.8. The third kappa shape index (κ3) is 6.30. The lowest BCUT2D eigenvalue weighted by Gasteiger charge is -2.33. The maximum Gasteiger partial charge on any atom is 0.407 e. The molecular weight excluding hydrogens is 312 g/mol. The van der Waals surface area contributed by atoms with Crippen molar-refractivity contribution in [3.8, 4) is 0 Å². The van der Waals surface area contributed by atoms with E-state index in [4.69, 9.17) is 16.3 Å². The molecule has 0 aromatic heterocycles. The molecular formula is C18H27ClN2O2. The van der Waals surface area contributed by atoms with Crippen LogP contribution in [0.15, 0.2) is 24.3 Å². The molecule has 1 aliphatic rings. The molecule has 0 spiro atoms. The number of nitrogens with one attached hydrogen (secondary N) is 2. The Morgan fingerprint density at radius 2 is 2.04 bits per heavy atom. The van der Waals surface area contributed by atoms with Gasteiger partial charge in [-0.1, -0.05) is 30.5 Å². The van der Waals surface area contributed by atoms with Gasteiger partial charge in [-0.25, -0.2) is 4.79 Å². The Bertz CT molecular complexity index is 528. The molecule has 128 valence electrons. The number of alkyl carbamates (subject to hydrolysis) is 1. The van der Waals surface area contributed by atoms with Crippen LogP contribution in [0.25, 0.3) is 0 Å².